The van der Waals surface area contributed by atoms with Gasteiger partial charge in [0.05, 0.1) is 11.8 Å². The minimum atomic E-state index is -1.29. The maximum atomic E-state index is 12.7. The van der Waals surface area contributed by atoms with Crippen LogP contribution in [0.1, 0.15) is 34.5 Å². The average Bonchev–Trinajstić information content (AvgIpc) is 3.19. The summed E-state index contributed by atoms with van der Waals surface area (Å²) < 4.78 is 10.6. The first-order valence-corrected chi connectivity index (χ1v) is 11.0. The molecule has 0 aliphatic heterocycles. The van der Waals surface area contributed by atoms with Gasteiger partial charge in [-0.25, -0.2) is 14.6 Å². The molecular weight excluding hydrogens is 450 g/mol. The number of fused-ring (bicyclic) bond motifs is 3. The highest BCUT2D eigenvalue weighted by atomic mass is 16.5. The molecule has 2 atom stereocenters. The number of carboxylic acid groups (broad SMARTS) is 1. The predicted molar refractivity (Wildman–Crippen MR) is 128 cm³/mol. The number of ether oxygens (including phenoxy) is 2. The molecule has 1 aliphatic carbocycles. The average molecular weight is 476 g/mol. The van der Waals surface area contributed by atoms with Crippen LogP contribution in [0.15, 0.2) is 66.9 Å². The summed E-state index contributed by atoms with van der Waals surface area (Å²) in [7, 11) is 1.34. The number of carbonyl (C=O) groups excluding carboxylic acids is 2. The molecule has 35 heavy (non-hydrogen) atoms. The van der Waals surface area contributed by atoms with Gasteiger partial charge in [-0.2, -0.15) is 0 Å². The second-order valence-corrected chi connectivity index (χ2v) is 8.08. The minimum absolute atomic E-state index is 0.0939. The number of hydrogen-bond acceptors (Lipinski definition) is 6. The summed E-state index contributed by atoms with van der Waals surface area (Å²) in [6.45, 7) is 1.63. The van der Waals surface area contributed by atoms with Crippen LogP contribution < -0.4 is 10.6 Å². The van der Waals surface area contributed by atoms with Crippen LogP contribution in [0.5, 0.6) is 0 Å². The van der Waals surface area contributed by atoms with Gasteiger partial charge >= 0.3 is 12.1 Å². The largest absolute Gasteiger partial charge is 0.480 e. The lowest BCUT2D eigenvalue weighted by molar-refractivity contribution is -0.142. The third kappa shape index (κ3) is 4.99. The van der Waals surface area contributed by atoms with Crippen LogP contribution in [0.2, 0.25) is 0 Å². The zero-order valence-corrected chi connectivity index (χ0v) is 19.2. The lowest BCUT2D eigenvalue weighted by atomic mass is 9.98. The molecule has 1 aromatic heterocycles. The number of hydrogen-bond donors (Lipinski definition) is 3. The van der Waals surface area contributed by atoms with E-state index in [2.05, 4.69) is 15.6 Å². The topological polar surface area (TPSA) is 127 Å². The highest BCUT2D eigenvalue weighted by molar-refractivity contribution is 6.02. The van der Waals surface area contributed by atoms with Crippen LogP contribution in [0.3, 0.4) is 0 Å². The molecule has 0 fully saturated rings. The van der Waals surface area contributed by atoms with Gasteiger partial charge in [0, 0.05) is 19.2 Å². The van der Waals surface area contributed by atoms with E-state index >= 15 is 0 Å². The van der Waals surface area contributed by atoms with Crippen molar-refractivity contribution in [2.45, 2.75) is 25.0 Å². The molecule has 0 bridgehead atoms. The molecule has 4 rings (SSSR count). The third-order valence-corrected chi connectivity index (χ3v) is 6.00. The number of benzene rings is 2. The van der Waals surface area contributed by atoms with Gasteiger partial charge in [0.2, 0.25) is 0 Å². The quantitative estimate of drug-likeness (QED) is 0.454. The van der Waals surface area contributed by atoms with E-state index in [0.717, 1.165) is 22.3 Å². The van der Waals surface area contributed by atoms with Gasteiger partial charge in [-0.15, -0.1) is 0 Å². The predicted octanol–water partition coefficient (Wildman–Crippen LogP) is 3.66. The van der Waals surface area contributed by atoms with E-state index in [1.165, 1.54) is 26.3 Å². The number of pyridine rings is 1. The van der Waals surface area contributed by atoms with Crippen molar-refractivity contribution >= 4 is 23.7 Å². The molecule has 9 nitrogen and oxygen atoms in total. The monoisotopic (exact) mass is 475 g/mol. The van der Waals surface area contributed by atoms with E-state index in [1.54, 1.807) is 6.07 Å². The summed E-state index contributed by atoms with van der Waals surface area (Å²) in [5.74, 6) is -2.14. The highest BCUT2D eigenvalue weighted by Gasteiger charge is 2.30. The normalized spacial score (nSPS) is 13.8. The standard InChI is InChI=1S/C26H25N3O6/c1-15(34-2)22(25(31)32)29-24(30)23-21(12-7-13-27-23)28-26(33)35-14-20-18-10-5-3-8-16(18)17-9-4-6-11-19(17)20/h3-13,15,20,22H,14H2,1-2H3,(H,28,33)(H,29,30)(H,31,32). The number of nitrogens with zero attached hydrogens (tertiary/aromatic N) is 1. The van der Waals surface area contributed by atoms with Crippen molar-refractivity contribution in [3.63, 3.8) is 0 Å². The number of aromatic nitrogens is 1. The van der Waals surface area contributed by atoms with Crippen molar-refractivity contribution in [3.8, 4) is 11.1 Å². The molecule has 0 saturated heterocycles. The second kappa shape index (κ2) is 10.4. The number of aliphatic carboxylic acids is 1. The number of amides is 2. The first kappa shape index (κ1) is 23.9. The summed E-state index contributed by atoms with van der Waals surface area (Å²) in [6, 6.07) is 17.7. The van der Waals surface area contributed by atoms with Gasteiger partial charge in [-0.1, -0.05) is 48.5 Å². The van der Waals surface area contributed by atoms with Gasteiger partial charge in [-0.05, 0) is 41.3 Å². The third-order valence-electron chi connectivity index (χ3n) is 6.00. The van der Waals surface area contributed by atoms with Gasteiger partial charge in [-0.3, -0.25) is 10.1 Å². The molecule has 0 spiro atoms. The van der Waals surface area contributed by atoms with E-state index in [1.807, 2.05) is 48.5 Å². The van der Waals surface area contributed by atoms with Gasteiger partial charge in [0.15, 0.2) is 11.7 Å². The summed E-state index contributed by atoms with van der Waals surface area (Å²) in [6.07, 6.45) is -0.166. The van der Waals surface area contributed by atoms with E-state index < -0.39 is 30.1 Å². The molecule has 1 aliphatic rings. The first-order chi connectivity index (χ1) is 16.9. The van der Waals surface area contributed by atoms with E-state index in [4.69, 9.17) is 9.47 Å². The summed E-state index contributed by atoms with van der Waals surface area (Å²) in [4.78, 5) is 40.9. The Kier molecular flexibility index (Phi) is 7.07. The Labute approximate surface area is 202 Å². The number of nitrogens with one attached hydrogen (secondary N) is 2. The maximum absolute atomic E-state index is 12.7. The molecule has 3 aromatic rings. The fourth-order valence-electron chi connectivity index (χ4n) is 4.16. The van der Waals surface area contributed by atoms with E-state index in [0.29, 0.717) is 0 Å². The Morgan fingerprint density at radius 2 is 1.63 bits per heavy atom. The second-order valence-electron chi connectivity index (χ2n) is 8.08. The molecular formula is C26H25N3O6. The van der Waals surface area contributed by atoms with Crippen molar-refractivity contribution < 1.29 is 29.0 Å². The van der Waals surface area contributed by atoms with E-state index in [-0.39, 0.29) is 23.9 Å². The van der Waals surface area contributed by atoms with Crippen molar-refractivity contribution in [3.05, 3.63) is 83.7 Å². The molecule has 0 radical (unpaired) electrons. The fourth-order valence-corrected chi connectivity index (χ4v) is 4.16. The Morgan fingerprint density at radius 3 is 2.23 bits per heavy atom. The Hall–Kier alpha value is -4.24. The number of rotatable bonds is 8. The van der Waals surface area contributed by atoms with Crippen molar-refractivity contribution in [2.75, 3.05) is 19.0 Å². The van der Waals surface area contributed by atoms with Gasteiger partial charge in [0.25, 0.3) is 5.91 Å². The Balaban J connectivity index is 1.45. The smallest absolute Gasteiger partial charge is 0.411 e. The fraction of sp³-hybridized carbons (Fsp3) is 0.231. The molecule has 2 aromatic carbocycles. The van der Waals surface area contributed by atoms with Gasteiger partial charge in [0.1, 0.15) is 6.61 Å². The molecule has 2 amide bonds. The van der Waals surface area contributed by atoms with Crippen LogP contribution in [0.4, 0.5) is 10.5 Å². The summed E-state index contributed by atoms with van der Waals surface area (Å²) >= 11 is 0. The zero-order chi connectivity index (χ0) is 24.9. The van der Waals surface area contributed by atoms with Crippen LogP contribution in [-0.2, 0) is 14.3 Å². The molecule has 1 heterocycles. The van der Waals surface area contributed by atoms with Crippen LogP contribution in [-0.4, -0.2) is 53.9 Å². The van der Waals surface area contributed by atoms with E-state index in [9.17, 15) is 19.5 Å². The van der Waals surface area contributed by atoms with Crippen LogP contribution in [0, 0.1) is 0 Å². The van der Waals surface area contributed by atoms with Crippen molar-refractivity contribution in [1.29, 1.82) is 0 Å². The lowest BCUT2D eigenvalue weighted by Crippen LogP contribution is -2.48. The molecule has 9 heteroatoms. The van der Waals surface area contributed by atoms with Crippen molar-refractivity contribution in [1.82, 2.24) is 10.3 Å². The van der Waals surface area contributed by atoms with Crippen molar-refractivity contribution in [2.24, 2.45) is 0 Å². The molecule has 3 N–H and O–H groups in total. The lowest BCUT2D eigenvalue weighted by Gasteiger charge is -2.20. The summed E-state index contributed by atoms with van der Waals surface area (Å²) in [5.41, 5.74) is 4.33. The first-order valence-electron chi connectivity index (χ1n) is 11.0. The zero-order valence-electron chi connectivity index (χ0n) is 19.2. The SMILES string of the molecule is COC(C)C(NC(=O)c1ncccc1NC(=O)OCC1c2ccccc2-c2ccccc21)C(=O)O. The number of carboxylic acids is 1. The maximum Gasteiger partial charge on any atom is 0.411 e. The molecule has 180 valence electrons. The Morgan fingerprint density at radius 1 is 1.00 bits per heavy atom. The number of anilines is 1. The van der Waals surface area contributed by atoms with Crippen LogP contribution >= 0.6 is 0 Å². The Bertz CT molecular complexity index is 1220. The minimum Gasteiger partial charge on any atom is -0.480 e. The number of methoxy groups -OCH3 is 1. The number of carbonyl (C=O) groups is 3. The van der Waals surface area contributed by atoms with Gasteiger partial charge < -0.3 is 19.9 Å². The summed E-state index contributed by atoms with van der Waals surface area (Å²) in [5, 5.41) is 14.3. The van der Waals surface area contributed by atoms with Crippen LogP contribution in [0.25, 0.3) is 11.1 Å². The molecule has 0 saturated carbocycles. The highest BCUT2D eigenvalue weighted by Crippen LogP contribution is 2.44. The molecule has 2 unspecified atom stereocenters.